The summed E-state index contributed by atoms with van der Waals surface area (Å²) < 4.78 is 0. The molecule has 0 aromatic carbocycles. The van der Waals surface area contributed by atoms with Crippen molar-refractivity contribution in [3.05, 3.63) is 0 Å². The van der Waals surface area contributed by atoms with E-state index >= 15 is 0 Å². The average molecular weight is 217 g/mol. The van der Waals surface area contributed by atoms with Crippen molar-refractivity contribution in [2.45, 2.75) is 58.1 Å². The van der Waals surface area contributed by atoms with Crippen molar-refractivity contribution in [3.63, 3.8) is 0 Å². The lowest BCUT2D eigenvalue weighted by Gasteiger charge is -2.24. The fourth-order valence-corrected chi connectivity index (χ4v) is 1.72. The quantitative estimate of drug-likeness (QED) is 0.578. The minimum absolute atomic E-state index is 0.559. The summed E-state index contributed by atoms with van der Waals surface area (Å²) in [6.45, 7) is 10.4. The predicted octanol–water partition coefficient (Wildman–Crippen LogP) is 3.60. The largest absolute Gasteiger partial charge is 0.302 e. The third kappa shape index (κ3) is 7.69. The molecule has 86 valence electrons. The summed E-state index contributed by atoms with van der Waals surface area (Å²) in [5.74, 6) is 0. The Kier molecular flexibility index (Phi) is 10.1. The topological polar surface area (TPSA) is 3.24 Å². The van der Waals surface area contributed by atoms with E-state index in [9.17, 15) is 0 Å². The molecular formula is C12H27NS. The number of thiol groups is 1. The summed E-state index contributed by atoms with van der Waals surface area (Å²) >= 11 is 4.57. The van der Waals surface area contributed by atoms with Gasteiger partial charge in [-0.05, 0) is 32.4 Å². The molecule has 0 aliphatic rings. The molecule has 1 atom stereocenters. The molecule has 1 unspecified atom stereocenters. The smallest absolute Gasteiger partial charge is 0.0142 e. The highest BCUT2D eigenvalue weighted by Gasteiger charge is 2.08. The Hall–Kier alpha value is 0.310. The molecule has 0 N–H and O–H groups in total. The van der Waals surface area contributed by atoms with Gasteiger partial charge in [0.25, 0.3) is 0 Å². The molecule has 0 aromatic rings. The summed E-state index contributed by atoms with van der Waals surface area (Å²) in [5.41, 5.74) is 0. The molecule has 1 nitrogen and oxygen atoms in total. The van der Waals surface area contributed by atoms with Crippen molar-refractivity contribution in [2.75, 3.05) is 19.6 Å². The van der Waals surface area contributed by atoms with Gasteiger partial charge in [-0.3, -0.25) is 0 Å². The van der Waals surface area contributed by atoms with Crippen LogP contribution in [0.15, 0.2) is 0 Å². The average Bonchev–Trinajstić information content (AvgIpc) is 2.21. The van der Waals surface area contributed by atoms with Crippen LogP contribution in [0.5, 0.6) is 0 Å². The molecule has 0 spiro atoms. The highest BCUT2D eigenvalue weighted by atomic mass is 32.1. The summed E-state index contributed by atoms with van der Waals surface area (Å²) in [6.07, 6.45) is 6.43. The Morgan fingerprint density at radius 1 is 1.00 bits per heavy atom. The second-order valence-corrected chi connectivity index (χ2v) is 4.80. The molecule has 2 heteroatoms. The summed E-state index contributed by atoms with van der Waals surface area (Å²) in [6, 6.07) is 0. The van der Waals surface area contributed by atoms with Crippen LogP contribution in [0.25, 0.3) is 0 Å². The van der Waals surface area contributed by atoms with E-state index in [1.807, 2.05) is 0 Å². The molecule has 0 saturated carbocycles. The first-order valence-corrected chi connectivity index (χ1v) is 6.66. The SMILES string of the molecule is CCCCN(CCCC)CC(S)CC. The minimum Gasteiger partial charge on any atom is -0.302 e. The molecule has 0 aliphatic heterocycles. The van der Waals surface area contributed by atoms with Gasteiger partial charge in [-0.2, -0.15) is 12.6 Å². The van der Waals surface area contributed by atoms with Crippen LogP contribution in [-0.2, 0) is 0 Å². The van der Waals surface area contributed by atoms with Crippen molar-refractivity contribution in [2.24, 2.45) is 0 Å². The van der Waals surface area contributed by atoms with Crippen LogP contribution < -0.4 is 0 Å². The van der Waals surface area contributed by atoms with E-state index in [4.69, 9.17) is 0 Å². The molecule has 0 fully saturated rings. The highest BCUT2D eigenvalue weighted by molar-refractivity contribution is 7.81. The van der Waals surface area contributed by atoms with Crippen molar-refractivity contribution < 1.29 is 0 Å². The van der Waals surface area contributed by atoms with Gasteiger partial charge in [0.05, 0.1) is 0 Å². The van der Waals surface area contributed by atoms with Crippen molar-refractivity contribution >= 4 is 12.6 Å². The second kappa shape index (κ2) is 9.85. The Labute approximate surface area is 95.7 Å². The van der Waals surface area contributed by atoms with Gasteiger partial charge in [-0.1, -0.05) is 33.6 Å². The van der Waals surface area contributed by atoms with E-state index in [1.165, 1.54) is 51.7 Å². The van der Waals surface area contributed by atoms with E-state index < -0.39 is 0 Å². The Morgan fingerprint density at radius 3 is 1.86 bits per heavy atom. The minimum atomic E-state index is 0.559. The second-order valence-electron chi connectivity index (χ2n) is 4.07. The van der Waals surface area contributed by atoms with Crippen LogP contribution in [0.3, 0.4) is 0 Å². The van der Waals surface area contributed by atoms with E-state index in [1.54, 1.807) is 0 Å². The molecule has 0 heterocycles. The number of rotatable bonds is 9. The molecule has 0 amide bonds. The predicted molar refractivity (Wildman–Crippen MR) is 69.3 cm³/mol. The van der Waals surface area contributed by atoms with Gasteiger partial charge in [-0.15, -0.1) is 0 Å². The fourth-order valence-electron chi connectivity index (χ4n) is 1.48. The monoisotopic (exact) mass is 217 g/mol. The van der Waals surface area contributed by atoms with Gasteiger partial charge in [0.1, 0.15) is 0 Å². The Balaban J connectivity index is 3.71. The standard InChI is InChI=1S/C12H27NS/c1-4-7-9-13(10-8-5-2)11-12(14)6-3/h12,14H,4-11H2,1-3H3. The molecule has 0 radical (unpaired) electrons. The molecular weight excluding hydrogens is 190 g/mol. The van der Waals surface area contributed by atoms with Crippen LogP contribution in [0.4, 0.5) is 0 Å². The first-order valence-electron chi connectivity index (χ1n) is 6.14. The number of nitrogens with zero attached hydrogens (tertiary/aromatic N) is 1. The van der Waals surface area contributed by atoms with Crippen LogP contribution in [0, 0.1) is 0 Å². The van der Waals surface area contributed by atoms with Crippen LogP contribution in [-0.4, -0.2) is 29.8 Å². The maximum Gasteiger partial charge on any atom is 0.0142 e. The zero-order valence-corrected chi connectivity index (χ0v) is 11.0. The van der Waals surface area contributed by atoms with Gasteiger partial charge in [-0.25, -0.2) is 0 Å². The Morgan fingerprint density at radius 2 is 1.50 bits per heavy atom. The third-order valence-electron chi connectivity index (χ3n) is 2.60. The zero-order valence-electron chi connectivity index (χ0n) is 10.1. The fraction of sp³-hybridized carbons (Fsp3) is 1.00. The lowest BCUT2D eigenvalue weighted by molar-refractivity contribution is 0.265. The third-order valence-corrected chi connectivity index (χ3v) is 3.12. The molecule has 0 aliphatic carbocycles. The van der Waals surface area contributed by atoms with E-state index in [2.05, 4.69) is 38.3 Å². The molecule has 14 heavy (non-hydrogen) atoms. The van der Waals surface area contributed by atoms with Gasteiger partial charge >= 0.3 is 0 Å². The number of unbranched alkanes of at least 4 members (excludes halogenated alkanes) is 2. The van der Waals surface area contributed by atoms with E-state index in [0.29, 0.717) is 5.25 Å². The number of hydrogen-bond acceptors (Lipinski definition) is 2. The maximum absolute atomic E-state index is 4.57. The van der Waals surface area contributed by atoms with Gasteiger partial charge in [0.15, 0.2) is 0 Å². The van der Waals surface area contributed by atoms with Gasteiger partial charge in [0, 0.05) is 11.8 Å². The lowest BCUT2D eigenvalue weighted by atomic mass is 10.2. The summed E-state index contributed by atoms with van der Waals surface area (Å²) in [4.78, 5) is 2.58. The first-order chi connectivity index (χ1) is 6.74. The van der Waals surface area contributed by atoms with Crippen molar-refractivity contribution in [3.8, 4) is 0 Å². The van der Waals surface area contributed by atoms with Crippen molar-refractivity contribution in [1.82, 2.24) is 4.90 Å². The molecule has 0 aromatic heterocycles. The van der Waals surface area contributed by atoms with Crippen LogP contribution in [0.2, 0.25) is 0 Å². The molecule has 0 bridgehead atoms. The van der Waals surface area contributed by atoms with E-state index in [0.717, 1.165) is 0 Å². The first kappa shape index (κ1) is 14.3. The lowest BCUT2D eigenvalue weighted by Crippen LogP contribution is -2.31. The summed E-state index contributed by atoms with van der Waals surface area (Å²) in [7, 11) is 0. The van der Waals surface area contributed by atoms with Crippen LogP contribution >= 0.6 is 12.6 Å². The molecule has 0 rings (SSSR count). The van der Waals surface area contributed by atoms with Gasteiger partial charge < -0.3 is 4.90 Å². The maximum atomic E-state index is 4.57. The van der Waals surface area contributed by atoms with Crippen molar-refractivity contribution in [1.29, 1.82) is 0 Å². The van der Waals surface area contributed by atoms with Crippen LogP contribution in [0.1, 0.15) is 52.9 Å². The Bertz CT molecular complexity index is 109. The highest BCUT2D eigenvalue weighted by Crippen LogP contribution is 2.06. The number of hydrogen-bond donors (Lipinski definition) is 1. The normalized spacial score (nSPS) is 13.5. The molecule has 0 saturated heterocycles. The zero-order chi connectivity index (χ0) is 10.8. The van der Waals surface area contributed by atoms with Gasteiger partial charge in [0.2, 0.25) is 0 Å². The van der Waals surface area contributed by atoms with E-state index in [-0.39, 0.29) is 0 Å². The summed E-state index contributed by atoms with van der Waals surface area (Å²) in [5, 5.41) is 0.559.